The van der Waals surface area contributed by atoms with Gasteiger partial charge in [0, 0.05) is 0 Å². The molecule has 18 heavy (non-hydrogen) atoms. The highest BCUT2D eigenvalue weighted by molar-refractivity contribution is 5.91. The molecule has 1 amide bonds. The zero-order chi connectivity index (χ0) is 13.7. The molecule has 1 atom stereocenters. The SMILES string of the molecule is C=CC(=O)N[C@H](C)c1ccc(C(=O)OC)c(C)c1. The molecule has 1 N–H and O–H groups in total. The molecule has 0 heterocycles. The molecular weight excluding hydrogens is 230 g/mol. The van der Waals surface area contributed by atoms with Crippen LogP contribution >= 0.6 is 0 Å². The van der Waals surface area contributed by atoms with Crippen LogP contribution < -0.4 is 5.32 Å². The van der Waals surface area contributed by atoms with Crippen LogP contribution in [-0.4, -0.2) is 19.0 Å². The Hall–Kier alpha value is -2.10. The van der Waals surface area contributed by atoms with Crippen molar-refractivity contribution >= 4 is 11.9 Å². The van der Waals surface area contributed by atoms with E-state index in [2.05, 4.69) is 16.6 Å². The smallest absolute Gasteiger partial charge is 0.338 e. The van der Waals surface area contributed by atoms with Crippen molar-refractivity contribution in [2.75, 3.05) is 7.11 Å². The van der Waals surface area contributed by atoms with Gasteiger partial charge in [-0.3, -0.25) is 4.79 Å². The third-order valence-electron chi connectivity index (χ3n) is 2.70. The minimum absolute atomic E-state index is 0.138. The summed E-state index contributed by atoms with van der Waals surface area (Å²) >= 11 is 0. The van der Waals surface area contributed by atoms with Crippen molar-refractivity contribution in [1.82, 2.24) is 5.32 Å². The molecule has 0 unspecified atom stereocenters. The third kappa shape index (κ3) is 3.20. The normalized spacial score (nSPS) is 11.5. The minimum atomic E-state index is -0.359. The summed E-state index contributed by atoms with van der Waals surface area (Å²) in [4.78, 5) is 22.6. The molecular formula is C14H17NO3. The standard InChI is InChI=1S/C14H17NO3/c1-5-13(16)15-10(3)11-6-7-12(9(2)8-11)14(17)18-4/h5-8,10H,1H2,2-4H3,(H,15,16)/t10-/m1/s1. The van der Waals surface area contributed by atoms with E-state index in [0.29, 0.717) is 5.56 Å². The van der Waals surface area contributed by atoms with E-state index in [-0.39, 0.29) is 17.9 Å². The van der Waals surface area contributed by atoms with Gasteiger partial charge >= 0.3 is 5.97 Å². The Kier molecular flexibility index (Phi) is 4.66. The first-order valence-electron chi connectivity index (χ1n) is 5.61. The summed E-state index contributed by atoms with van der Waals surface area (Å²) in [6.07, 6.45) is 1.23. The molecule has 0 fully saturated rings. The predicted molar refractivity (Wildman–Crippen MR) is 69.3 cm³/mol. The highest BCUT2D eigenvalue weighted by Crippen LogP contribution is 2.18. The number of hydrogen-bond acceptors (Lipinski definition) is 3. The Bertz CT molecular complexity index is 480. The van der Waals surface area contributed by atoms with Gasteiger partial charge in [0.25, 0.3) is 0 Å². The van der Waals surface area contributed by atoms with Crippen LogP contribution in [0.25, 0.3) is 0 Å². The number of hydrogen-bond donors (Lipinski definition) is 1. The molecule has 0 spiro atoms. The number of rotatable bonds is 4. The lowest BCUT2D eigenvalue weighted by Crippen LogP contribution is -2.24. The number of aryl methyl sites for hydroxylation is 1. The molecule has 96 valence electrons. The van der Waals surface area contributed by atoms with Crippen molar-refractivity contribution in [3.05, 3.63) is 47.5 Å². The van der Waals surface area contributed by atoms with E-state index in [9.17, 15) is 9.59 Å². The summed E-state index contributed by atoms with van der Waals surface area (Å²) in [5.41, 5.74) is 2.28. The Morgan fingerprint density at radius 2 is 2.11 bits per heavy atom. The first kappa shape index (κ1) is 14.0. The van der Waals surface area contributed by atoms with E-state index in [1.54, 1.807) is 12.1 Å². The van der Waals surface area contributed by atoms with Crippen molar-refractivity contribution in [3.63, 3.8) is 0 Å². The number of carbonyl (C=O) groups excluding carboxylic acids is 2. The van der Waals surface area contributed by atoms with Crippen LogP contribution in [0.15, 0.2) is 30.9 Å². The maximum Gasteiger partial charge on any atom is 0.338 e. The van der Waals surface area contributed by atoms with Gasteiger partial charge in [-0.2, -0.15) is 0 Å². The number of nitrogens with one attached hydrogen (secondary N) is 1. The lowest BCUT2D eigenvalue weighted by Gasteiger charge is -2.14. The Labute approximate surface area is 107 Å². The molecule has 4 heteroatoms. The fourth-order valence-electron chi connectivity index (χ4n) is 1.65. The largest absolute Gasteiger partial charge is 0.465 e. The molecule has 0 aliphatic carbocycles. The zero-order valence-electron chi connectivity index (χ0n) is 10.8. The summed E-state index contributed by atoms with van der Waals surface area (Å²) in [6.45, 7) is 7.10. The van der Waals surface area contributed by atoms with Gasteiger partial charge in [0.15, 0.2) is 0 Å². The van der Waals surface area contributed by atoms with E-state index in [0.717, 1.165) is 11.1 Å². The first-order chi connectivity index (χ1) is 8.49. The van der Waals surface area contributed by atoms with E-state index in [4.69, 9.17) is 0 Å². The lowest BCUT2D eigenvalue weighted by atomic mass is 10.0. The summed E-state index contributed by atoms with van der Waals surface area (Å²) in [5, 5.41) is 2.76. The zero-order valence-corrected chi connectivity index (χ0v) is 10.8. The van der Waals surface area contributed by atoms with Gasteiger partial charge in [-0.25, -0.2) is 4.79 Å². The van der Waals surface area contributed by atoms with Crippen LogP contribution in [0.1, 0.15) is 34.5 Å². The molecule has 0 saturated carbocycles. The average Bonchev–Trinajstić information content (AvgIpc) is 2.37. The number of esters is 1. The fraction of sp³-hybridized carbons (Fsp3) is 0.286. The summed E-state index contributed by atoms with van der Waals surface area (Å²) in [6, 6.07) is 5.22. The maximum atomic E-state index is 11.4. The summed E-state index contributed by atoms with van der Waals surface area (Å²) in [7, 11) is 1.35. The van der Waals surface area contributed by atoms with Crippen LogP contribution in [0, 0.1) is 6.92 Å². The van der Waals surface area contributed by atoms with Crippen LogP contribution in [-0.2, 0) is 9.53 Å². The number of amides is 1. The monoisotopic (exact) mass is 247 g/mol. The molecule has 0 aliphatic heterocycles. The lowest BCUT2D eigenvalue weighted by molar-refractivity contribution is -0.117. The predicted octanol–water partition coefficient (Wildman–Crippen LogP) is 2.14. The second-order valence-corrected chi connectivity index (χ2v) is 4.00. The maximum absolute atomic E-state index is 11.4. The molecule has 4 nitrogen and oxygen atoms in total. The van der Waals surface area contributed by atoms with Gasteiger partial charge in [0.1, 0.15) is 0 Å². The van der Waals surface area contributed by atoms with Crippen LogP contribution in [0.3, 0.4) is 0 Å². The van der Waals surface area contributed by atoms with Gasteiger partial charge in [0.05, 0.1) is 18.7 Å². The van der Waals surface area contributed by atoms with Gasteiger partial charge in [-0.15, -0.1) is 0 Å². The molecule has 0 bridgehead atoms. The second kappa shape index (κ2) is 6.00. The van der Waals surface area contributed by atoms with Gasteiger partial charge < -0.3 is 10.1 Å². The minimum Gasteiger partial charge on any atom is -0.465 e. The molecule has 0 aromatic heterocycles. The van der Waals surface area contributed by atoms with Crippen LogP contribution in [0.4, 0.5) is 0 Å². The van der Waals surface area contributed by atoms with E-state index in [1.807, 2.05) is 19.9 Å². The van der Waals surface area contributed by atoms with E-state index < -0.39 is 0 Å². The Morgan fingerprint density at radius 3 is 2.61 bits per heavy atom. The van der Waals surface area contributed by atoms with Crippen LogP contribution in [0.2, 0.25) is 0 Å². The first-order valence-corrected chi connectivity index (χ1v) is 5.61. The molecule has 0 aliphatic rings. The van der Waals surface area contributed by atoms with Crippen molar-refractivity contribution in [2.24, 2.45) is 0 Å². The highest BCUT2D eigenvalue weighted by atomic mass is 16.5. The van der Waals surface area contributed by atoms with Crippen molar-refractivity contribution in [1.29, 1.82) is 0 Å². The second-order valence-electron chi connectivity index (χ2n) is 4.00. The quantitative estimate of drug-likeness (QED) is 0.655. The molecule has 1 rings (SSSR count). The molecule has 0 radical (unpaired) electrons. The topological polar surface area (TPSA) is 55.4 Å². The average molecular weight is 247 g/mol. The summed E-state index contributed by atoms with van der Waals surface area (Å²) < 4.78 is 4.68. The Morgan fingerprint density at radius 1 is 1.44 bits per heavy atom. The van der Waals surface area contributed by atoms with Gasteiger partial charge in [-0.05, 0) is 37.1 Å². The van der Waals surface area contributed by atoms with Crippen molar-refractivity contribution in [3.8, 4) is 0 Å². The Balaban J connectivity index is 2.93. The van der Waals surface area contributed by atoms with E-state index >= 15 is 0 Å². The van der Waals surface area contributed by atoms with Crippen molar-refractivity contribution in [2.45, 2.75) is 19.9 Å². The highest BCUT2D eigenvalue weighted by Gasteiger charge is 2.12. The van der Waals surface area contributed by atoms with Crippen LogP contribution in [0.5, 0.6) is 0 Å². The van der Waals surface area contributed by atoms with Gasteiger partial charge in [0.2, 0.25) is 5.91 Å². The number of methoxy groups -OCH3 is 1. The number of benzene rings is 1. The van der Waals surface area contributed by atoms with Gasteiger partial charge in [-0.1, -0.05) is 18.7 Å². The van der Waals surface area contributed by atoms with Crippen molar-refractivity contribution < 1.29 is 14.3 Å². The third-order valence-corrected chi connectivity index (χ3v) is 2.70. The molecule has 0 saturated heterocycles. The molecule has 1 aromatic rings. The molecule has 1 aromatic carbocycles. The number of ether oxygens (including phenoxy) is 1. The fourth-order valence-corrected chi connectivity index (χ4v) is 1.65. The van der Waals surface area contributed by atoms with E-state index in [1.165, 1.54) is 13.2 Å². The number of carbonyl (C=O) groups is 2. The summed E-state index contributed by atoms with van der Waals surface area (Å²) in [5.74, 6) is -0.584.